The summed E-state index contributed by atoms with van der Waals surface area (Å²) in [5.74, 6) is 1.34. The van der Waals surface area contributed by atoms with Crippen LogP contribution in [0.2, 0.25) is 0 Å². The normalized spacial score (nSPS) is 11.7. The van der Waals surface area contributed by atoms with Crippen molar-refractivity contribution in [2.45, 2.75) is 20.0 Å². The van der Waals surface area contributed by atoms with Gasteiger partial charge in [-0.2, -0.15) is 0 Å². The highest BCUT2D eigenvalue weighted by molar-refractivity contribution is 5.99. The van der Waals surface area contributed by atoms with Crippen LogP contribution >= 0.6 is 0 Å². The molecule has 3 heteroatoms. The van der Waals surface area contributed by atoms with Gasteiger partial charge >= 0.3 is 0 Å². The summed E-state index contributed by atoms with van der Waals surface area (Å²) in [7, 11) is 1.60. The number of carbonyl (C=O) groups excluding carboxylic acids is 1. The van der Waals surface area contributed by atoms with E-state index in [-0.39, 0.29) is 5.78 Å². The molecular weight excluding hydrogens is 324 g/mol. The smallest absolute Gasteiger partial charge is 0.202 e. The molecule has 0 bridgehead atoms. The number of rotatable bonds is 6. The van der Waals surface area contributed by atoms with Gasteiger partial charge < -0.3 is 9.47 Å². The van der Waals surface area contributed by atoms with Crippen molar-refractivity contribution >= 4 is 5.78 Å². The van der Waals surface area contributed by atoms with Crippen molar-refractivity contribution in [1.29, 1.82) is 0 Å². The predicted molar refractivity (Wildman–Crippen MR) is 104 cm³/mol. The fourth-order valence-electron chi connectivity index (χ4n) is 2.72. The van der Waals surface area contributed by atoms with Gasteiger partial charge in [-0.05, 0) is 61.4 Å². The number of carbonyl (C=O) groups is 1. The highest BCUT2D eigenvalue weighted by Crippen LogP contribution is 2.24. The Balaban J connectivity index is 1.67. The van der Waals surface area contributed by atoms with Gasteiger partial charge in [0.1, 0.15) is 11.5 Å². The van der Waals surface area contributed by atoms with Crippen LogP contribution in [-0.4, -0.2) is 19.0 Å². The lowest BCUT2D eigenvalue weighted by Gasteiger charge is -2.14. The van der Waals surface area contributed by atoms with E-state index in [1.807, 2.05) is 24.3 Å². The molecule has 0 fully saturated rings. The van der Waals surface area contributed by atoms with Crippen LogP contribution in [0.1, 0.15) is 22.8 Å². The van der Waals surface area contributed by atoms with Crippen LogP contribution in [0, 0.1) is 6.92 Å². The third-order valence-electron chi connectivity index (χ3n) is 4.30. The van der Waals surface area contributed by atoms with Crippen molar-refractivity contribution in [3.05, 3.63) is 83.9 Å². The Bertz CT molecular complexity index is 863. The summed E-state index contributed by atoms with van der Waals surface area (Å²) in [5, 5.41) is 0. The molecule has 3 rings (SSSR count). The van der Waals surface area contributed by atoms with E-state index in [9.17, 15) is 4.79 Å². The van der Waals surface area contributed by atoms with Gasteiger partial charge in [0.15, 0.2) is 6.10 Å². The Labute approximate surface area is 154 Å². The molecule has 26 heavy (non-hydrogen) atoms. The molecule has 132 valence electrons. The molecule has 0 radical (unpaired) electrons. The highest BCUT2D eigenvalue weighted by Gasteiger charge is 2.17. The lowest BCUT2D eigenvalue weighted by Crippen LogP contribution is -2.23. The molecular formula is C23H22O3. The molecule has 3 nitrogen and oxygen atoms in total. The van der Waals surface area contributed by atoms with E-state index in [2.05, 4.69) is 31.2 Å². The Morgan fingerprint density at radius 3 is 1.81 bits per heavy atom. The number of ether oxygens (including phenoxy) is 2. The first kappa shape index (κ1) is 17.7. The minimum Gasteiger partial charge on any atom is -0.497 e. The van der Waals surface area contributed by atoms with E-state index < -0.39 is 6.10 Å². The molecule has 0 aliphatic heterocycles. The van der Waals surface area contributed by atoms with Crippen LogP contribution < -0.4 is 9.47 Å². The van der Waals surface area contributed by atoms with Crippen LogP contribution in [0.5, 0.6) is 11.5 Å². The molecule has 0 heterocycles. The molecule has 0 aromatic heterocycles. The van der Waals surface area contributed by atoms with Crippen LogP contribution in [0.15, 0.2) is 72.8 Å². The average Bonchev–Trinajstić information content (AvgIpc) is 2.69. The van der Waals surface area contributed by atoms with E-state index >= 15 is 0 Å². The van der Waals surface area contributed by atoms with E-state index in [1.54, 1.807) is 38.3 Å². The number of ketones is 1. The molecule has 0 N–H and O–H groups in total. The minimum absolute atomic E-state index is 0.0599. The Hall–Kier alpha value is -3.07. The van der Waals surface area contributed by atoms with Gasteiger partial charge in [0.05, 0.1) is 7.11 Å². The monoisotopic (exact) mass is 346 g/mol. The Morgan fingerprint density at radius 1 is 0.769 bits per heavy atom. The third-order valence-corrected chi connectivity index (χ3v) is 4.30. The second-order valence-electron chi connectivity index (χ2n) is 6.24. The molecule has 0 saturated carbocycles. The topological polar surface area (TPSA) is 35.5 Å². The maximum atomic E-state index is 12.5. The first-order valence-corrected chi connectivity index (χ1v) is 8.59. The summed E-state index contributed by atoms with van der Waals surface area (Å²) >= 11 is 0. The third kappa shape index (κ3) is 4.12. The van der Waals surface area contributed by atoms with E-state index in [1.165, 1.54) is 5.56 Å². The second-order valence-corrected chi connectivity index (χ2v) is 6.24. The van der Waals surface area contributed by atoms with Crippen LogP contribution in [0.3, 0.4) is 0 Å². The van der Waals surface area contributed by atoms with Gasteiger partial charge in [-0.3, -0.25) is 4.79 Å². The maximum absolute atomic E-state index is 12.5. The van der Waals surface area contributed by atoms with E-state index in [4.69, 9.17) is 9.47 Å². The average molecular weight is 346 g/mol. The summed E-state index contributed by atoms with van der Waals surface area (Å²) in [6, 6.07) is 23.2. The number of hydrogen-bond donors (Lipinski definition) is 0. The first-order valence-electron chi connectivity index (χ1n) is 8.59. The number of methoxy groups -OCH3 is 1. The van der Waals surface area contributed by atoms with Gasteiger partial charge in [-0.25, -0.2) is 0 Å². The molecule has 0 unspecified atom stereocenters. The van der Waals surface area contributed by atoms with Crippen molar-refractivity contribution in [3.63, 3.8) is 0 Å². The first-order chi connectivity index (χ1) is 12.6. The van der Waals surface area contributed by atoms with Gasteiger partial charge in [-0.15, -0.1) is 0 Å². The van der Waals surface area contributed by atoms with Crippen molar-refractivity contribution in [1.82, 2.24) is 0 Å². The summed E-state index contributed by atoms with van der Waals surface area (Å²) in [4.78, 5) is 12.5. The SMILES string of the molecule is COc1ccc(C(=O)[C@@H](C)Oc2ccc(-c3ccc(C)cc3)cc2)cc1. The van der Waals surface area contributed by atoms with Crippen molar-refractivity contribution in [2.24, 2.45) is 0 Å². The van der Waals surface area contributed by atoms with Gasteiger partial charge in [-0.1, -0.05) is 42.0 Å². The maximum Gasteiger partial charge on any atom is 0.202 e. The van der Waals surface area contributed by atoms with Crippen molar-refractivity contribution in [3.8, 4) is 22.6 Å². The molecule has 0 aliphatic carbocycles. The molecule has 0 amide bonds. The quantitative estimate of drug-likeness (QED) is 0.567. The van der Waals surface area contributed by atoms with Crippen molar-refractivity contribution < 1.29 is 14.3 Å². The zero-order valence-electron chi connectivity index (χ0n) is 15.2. The van der Waals surface area contributed by atoms with Gasteiger partial charge in [0.25, 0.3) is 0 Å². The van der Waals surface area contributed by atoms with Gasteiger partial charge in [0, 0.05) is 5.56 Å². The fourth-order valence-corrected chi connectivity index (χ4v) is 2.72. The molecule has 0 aliphatic rings. The van der Waals surface area contributed by atoms with Crippen LogP contribution in [0.4, 0.5) is 0 Å². The fraction of sp³-hybridized carbons (Fsp3) is 0.174. The summed E-state index contributed by atoms with van der Waals surface area (Å²) in [6.45, 7) is 3.84. The number of Topliss-reactive ketones (excluding diaryl/α,β-unsaturated/α-hetero) is 1. The molecule has 0 spiro atoms. The largest absolute Gasteiger partial charge is 0.497 e. The van der Waals surface area contributed by atoms with Gasteiger partial charge in [0.2, 0.25) is 5.78 Å². The summed E-state index contributed by atoms with van der Waals surface area (Å²) in [6.07, 6.45) is -0.561. The lowest BCUT2D eigenvalue weighted by atomic mass is 10.0. The Kier molecular flexibility index (Phi) is 5.37. The zero-order valence-corrected chi connectivity index (χ0v) is 15.2. The minimum atomic E-state index is -0.561. The summed E-state index contributed by atoms with van der Waals surface area (Å²) < 4.78 is 10.9. The van der Waals surface area contributed by atoms with Crippen LogP contribution in [-0.2, 0) is 0 Å². The number of benzene rings is 3. The number of hydrogen-bond acceptors (Lipinski definition) is 3. The molecule has 3 aromatic rings. The number of aryl methyl sites for hydroxylation is 1. The Morgan fingerprint density at radius 2 is 1.27 bits per heavy atom. The highest BCUT2D eigenvalue weighted by atomic mass is 16.5. The standard InChI is InChI=1S/C23H22O3/c1-16-4-6-18(7-5-16)19-8-14-22(15-9-19)26-17(2)23(24)20-10-12-21(25-3)13-11-20/h4-15,17H,1-3H3/t17-/m1/s1. The van der Waals surface area contributed by atoms with E-state index in [0.29, 0.717) is 11.3 Å². The predicted octanol–water partition coefficient (Wildman–Crippen LogP) is 5.32. The molecule has 0 saturated heterocycles. The lowest BCUT2D eigenvalue weighted by molar-refractivity contribution is 0.0818. The van der Waals surface area contributed by atoms with Crippen molar-refractivity contribution in [2.75, 3.05) is 7.11 Å². The zero-order chi connectivity index (χ0) is 18.5. The molecule has 1 atom stereocenters. The second kappa shape index (κ2) is 7.87. The summed E-state index contributed by atoms with van der Waals surface area (Å²) in [5.41, 5.74) is 4.12. The van der Waals surface area contributed by atoms with Crippen LogP contribution in [0.25, 0.3) is 11.1 Å². The van der Waals surface area contributed by atoms with E-state index in [0.717, 1.165) is 16.9 Å². The molecule has 3 aromatic carbocycles.